The Hall–Kier alpha value is -3.09. The first-order valence-corrected chi connectivity index (χ1v) is 11.1. The summed E-state index contributed by atoms with van der Waals surface area (Å²) in [6.45, 7) is 3.81. The molecule has 32 heavy (non-hydrogen) atoms. The summed E-state index contributed by atoms with van der Waals surface area (Å²) >= 11 is 0. The van der Waals surface area contributed by atoms with E-state index in [0.29, 0.717) is 23.6 Å². The van der Waals surface area contributed by atoms with Crippen molar-refractivity contribution in [3.63, 3.8) is 0 Å². The summed E-state index contributed by atoms with van der Waals surface area (Å²) in [7, 11) is 0. The van der Waals surface area contributed by atoms with Crippen molar-refractivity contribution in [3.8, 4) is 6.07 Å². The Morgan fingerprint density at radius 1 is 1.09 bits per heavy atom. The summed E-state index contributed by atoms with van der Waals surface area (Å²) in [5.74, 6) is -1.55. The zero-order chi connectivity index (χ0) is 22.5. The van der Waals surface area contributed by atoms with Crippen LogP contribution in [0, 0.1) is 22.7 Å². The molecule has 166 valence electrons. The number of hydrogen-bond acceptors (Lipinski definition) is 7. The molecule has 0 aliphatic carbocycles. The summed E-state index contributed by atoms with van der Waals surface area (Å²) < 4.78 is 0. The minimum absolute atomic E-state index is 0.0988. The molecule has 9 nitrogen and oxygen atoms in total. The molecule has 4 aliphatic heterocycles. The second-order valence-electron chi connectivity index (χ2n) is 9.19. The van der Waals surface area contributed by atoms with Crippen molar-refractivity contribution in [2.24, 2.45) is 11.3 Å². The molecule has 1 aromatic carbocycles. The molecule has 4 aliphatic rings. The number of nitrogens with one attached hydrogen (secondary N) is 2. The number of rotatable bonds is 4. The quantitative estimate of drug-likeness (QED) is 0.657. The van der Waals surface area contributed by atoms with E-state index in [2.05, 4.69) is 21.6 Å². The standard InChI is InChI=1S/C23H25N5O4/c24-13-23(15-10-25-11-15)6-8-27(9-7-23)12-14-2-1-3-16-19(14)22(32)28(21(16)31)17-4-5-18(29)26-20(17)30/h1-3,15,17,25H,4-12H2,(H,26,29,30). The fraction of sp³-hybridized carbons (Fsp3) is 0.522. The predicted octanol–water partition coefficient (Wildman–Crippen LogP) is 0.413. The molecule has 5 rings (SSSR count). The van der Waals surface area contributed by atoms with Crippen molar-refractivity contribution in [2.75, 3.05) is 26.2 Å². The molecule has 3 saturated heterocycles. The van der Waals surface area contributed by atoms with Crippen LogP contribution in [0.4, 0.5) is 0 Å². The first kappa shape index (κ1) is 20.8. The van der Waals surface area contributed by atoms with Gasteiger partial charge in [0.15, 0.2) is 0 Å². The molecule has 4 amide bonds. The van der Waals surface area contributed by atoms with E-state index in [1.54, 1.807) is 12.1 Å². The minimum Gasteiger partial charge on any atom is -0.316 e. The molecule has 0 radical (unpaired) electrons. The van der Waals surface area contributed by atoms with Gasteiger partial charge >= 0.3 is 0 Å². The SMILES string of the molecule is N#CC1(C2CNC2)CCN(Cc2cccc3c2C(=O)N(C2CCC(=O)NC2=O)C3=O)CC1. The fourth-order valence-corrected chi connectivity index (χ4v) is 5.36. The van der Waals surface area contributed by atoms with Gasteiger partial charge < -0.3 is 5.32 Å². The van der Waals surface area contributed by atoms with Crippen molar-refractivity contribution in [1.29, 1.82) is 5.26 Å². The van der Waals surface area contributed by atoms with Crippen molar-refractivity contribution in [2.45, 2.75) is 38.3 Å². The molecule has 4 heterocycles. The lowest BCUT2D eigenvalue weighted by Crippen LogP contribution is -2.55. The summed E-state index contributed by atoms with van der Waals surface area (Å²) in [4.78, 5) is 53.3. The van der Waals surface area contributed by atoms with Gasteiger partial charge in [0.2, 0.25) is 11.8 Å². The number of nitriles is 1. The number of carbonyl (C=O) groups excluding carboxylic acids is 4. The Bertz CT molecular complexity index is 1050. The van der Waals surface area contributed by atoms with Gasteiger partial charge in [0.05, 0.1) is 22.6 Å². The number of piperidine rings is 2. The highest BCUT2D eigenvalue weighted by atomic mass is 16.2. The Morgan fingerprint density at radius 3 is 2.47 bits per heavy atom. The maximum atomic E-state index is 13.3. The monoisotopic (exact) mass is 435 g/mol. The minimum atomic E-state index is -0.963. The summed E-state index contributed by atoms with van der Waals surface area (Å²) in [5.41, 5.74) is 1.13. The maximum absolute atomic E-state index is 13.3. The lowest BCUT2D eigenvalue weighted by Gasteiger charge is -2.46. The fourth-order valence-electron chi connectivity index (χ4n) is 5.36. The lowest BCUT2D eigenvalue weighted by atomic mass is 9.67. The van der Waals surface area contributed by atoms with E-state index in [4.69, 9.17) is 0 Å². The second-order valence-corrected chi connectivity index (χ2v) is 9.19. The zero-order valence-electron chi connectivity index (χ0n) is 17.7. The third-order valence-electron chi connectivity index (χ3n) is 7.48. The Kier molecular flexibility index (Phi) is 5.07. The number of imide groups is 2. The number of hydrogen-bond donors (Lipinski definition) is 2. The third-order valence-corrected chi connectivity index (χ3v) is 7.48. The average molecular weight is 435 g/mol. The average Bonchev–Trinajstić information content (AvgIpc) is 3.00. The van der Waals surface area contributed by atoms with Crippen LogP contribution < -0.4 is 10.6 Å². The highest BCUT2D eigenvalue weighted by Crippen LogP contribution is 2.41. The molecule has 0 spiro atoms. The molecule has 3 fully saturated rings. The van der Waals surface area contributed by atoms with Crippen molar-refractivity contribution in [1.82, 2.24) is 20.4 Å². The van der Waals surface area contributed by atoms with Gasteiger partial charge in [0.25, 0.3) is 11.8 Å². The topological polar surface area (TPSA) is 123 Å². The van der Waals surface area contributed by atoms with E-state index < -0.39 is 23.8 Å². The Labute approximate surface area is 185 Å². The second kappa shape index (κ2) is 7.80. The van der Waals surface area contributed by atoms with Gasteiger partial charge in [-0.05, 0) is 30.9 Å². The largest absolute Gasteiger partial charge is 0.316 e. The van der Waals surface area contributed by atoms with E-state index in [9.17, 15) is 24.4 Å². The molecule has 1 unspecified atom stereocenters. The van der Waals surface area contributed by atoms with Crippen LogP contribution in [0.1, 0.15) is 52.0 Å². The van der Waals surface area contributed by atoms with Crippen LogP contribution in [-0.4, -0.2) is 65.6 Å². The number of nitrogens with zero attached hydrogens (tertiary/aromatic N) is 3. The molecular weight excluding hydrogens is 410 g/mol. The summed E-state index contributed by atoms with van der Waals surface area (Å²) in [5, 5.41) is 15.3. The maximum Gasteiger partial charge on any atom is 0.262 e. The molecule has 0 aromatic heterocycles. The highest BCUT2D eigenvalue weighted by Gasteiger charge is 2.47. The van der Waals surface area contributed by atoms with Gasteiger partial charge in [-0.2, -0.15) is 5.26 Å². The molecule has 1 atom stereocenters. The first-order valence-electron chi connectivity index (χ1n) is 11.1. The summed E-state index contributed by atoms with van der Waals surface area (Å²) in [6, 6.07) is 6.84. The normalized spacial score (nSPS) is 25.8. The van der Waals surface area contributed by atoms with E-state index >= 15 is 0 Å². The van der Waals surface area contributed by atoms with Crippen molar-refractivity contribution in [3.05, 3.63) is 34.9 Å². The van der Waals surface area contributed by atoms with Gasteiger partial charge in [-0.25, -0.2) is 0 Å². The number of carbonyl (C=O) groups is 4. The van der Waals surface area contributed by atoms with E-state index in [1.165, 1.54) is 0 Å². The van der Waals surface area contributed by atoms with E-state index in [-0.39, 0.29) is 24.2 Å². The lowest BCUT2D eigenvalue weighted by molar-refractivity contribution is -0.136. The van der Waals surface area contributed by atoms with Crippen LogP contribution >= 0.6 is 0 Å². The van der Waals surface area contributed by atoms with Crippen LogP contribution in [0.25, 0.3) is 0 Å². The number of fused-ring (bicyclic) bond motifs is 1. The highest BCUT2D eigenvalue weighted by molar-refractivity contribution is 6.24. The van der Waals surface area contributed by atoms with Gasteiger partial charge in [0, 0.05) is 45.1 Å². The number of amides is 4. The molecule has 0 bridgehead atoms. The van der Waals surface area contributed by atoms with Gasteiger partial charge in [-0.15, -0.1) is 0 Å². The number of likely N-dealkylation sites (tertiary alicyclic amines) is 1. The Balaban J connectivity index is 1.33. The molecule has 9 heteroatoms. The van der Waals surface area contributed by atoms with Crippen molar-refractivity contribution < 1.29 is 19.2 Å². The third kappa shape index (κ3) is 3.22. The zero-order valence-corrected chi connectivity index (χ0v) is 17.7. The molecular formula is C23H25N5O4. The van der Waals surface area contributed by atoms with E-state index in [1.807, 2.05) is 6.07 Å². The molecule has 0 saturated carbocycles. The smallest absolute Gasteiger partial charge is 0.262 e. The van der Waals surface area contributed by atoms with E-state index in [0.717, 1.165) is 49.5 Å². The molecule has 1 aromatic rings. The summed E-state index contributed by atoms with van der Waals surface area (Å²) in [6.07, 6.45) is 1.83. The molecule has 2 N–H and O–H groups in total. The van der Waals surface area contributed by atoms with Crippen LogP contribution in [-0.2, 0) is 16.1 Å². The van der Waals surface area contributed by atoms with Crippen LogP contribution in [0.15, 0.2) is 18.2 Å². The first-order chi connectivity index (χ1) is 15.4. The van der Waals surface area contributed by atoms with Crippen LogP contribution in [0.2, 0.25) is 0 Å². The van der Waals surface area contributed by atoms with Crippen LogP contribution in [0.3, 0.4) is 0 Å². The van der Waals surface area contributed by atoms with Crippen LogP contribution in [0.5, 0.6) is 0 Å². The predicted molar refractivity (Wildman–Crippen MR) is 112 cm³/mol. The van der Waals surface area contributed by atoms with Gasteiger partial charge in [0.1, 0.15) is 6.04 Å². The van der Waals surface area contributed by atoms with Gasteiger partial charge in [-0.1, -0.05) is 12.1 Å². The van der Waals surface area contributed by atoms with Gasteiger partial charge in [-0.3, -0.25) is 34.3 Å². The Morgan fingerprint density at radius 2 is 1.84 bits per heavy atom. The number of benzene rings is 1. The van der Waals surface area contributed by atoms with Crippen molar-refractivity contribution >= 4 is 23.6 Å².